The molecular formula is C8H17NO4S. The minimum atomic E-state index is -3.08. The SMILES string of the molecule is CCCCCS(=O)(=O)CCNC(=O)O. The summed E-state index contributed by atoms with van der Waals surface area (Å²) in [5, 5.41) is 10.2. The maximum atomic E-state index is 11.3. The van der Waals surface area contributed by atoms with Crippen molar-refractivity contribution >= 4 is 15.9 Å². The second-order valence-electron chi connectivity index (χ2n) is 3.09. The van der Waals surface area contributed by atoms with E-state index in [2.05, 4.69) is 0 Å². The Morgan fingerprint density at radius 1 is 1.29 bits per heavy atom. The van der Waals surface area contributed by atoms with E-state index < -0.39 is 15.9 Å². The fourth-order valence-corrected chi connectivity index (χ4v) is 2.25. The van der Waals surface area contributed by atoms with Gasteiger partial charge in [0.05, 0.1) is 11.5 Å². The van der Waals surface area contributed by atoms with Gasteiger partial charge in [0.25, 0.3) is 0 Å². The molecule has 0 aromatic carbocycles. The van der Waals surface area contributed by atoms with Crippen molar-refractivity contribution in [3.63, 3.8) is 0 Å². The number of carboxylic acid groups (broad SMARTS) is 1. The average Bonchev–Trinajstić information content (AvgIpc) is 2.03. The van der Waals surface area contributed by atoms with Crippen LogP contribution < -0.4 is 5.32 Å². The molecule has 0 heterocycles. The third-order valence-corrected chi connectivity index (χ3v) is 3.49. The highest BCUT2D eigenvalue weighted by Gasteiger charge is 2.10. The van der Waals surface area contributed by atoms with Gasteiger partial charge in [-0.2, -0.15) is 0 Å². The molecule has 0 rings (SSSR count). The fourth-order valence-electron chi connectivity index (χ4n) is 0.988. The summed E-state index contributed by atoms with van der Waals surface area (Å²) in [6, 6.07) is 0. The third-order valence-electron chi connectivity index (χ3n) is 1.75. The van der Waals surface area contributed by atoms with Crippen LogP contribution in [0.2, 0.25) is 0 Å². The lowest BCUT2D eigenvalue weighted by Crippen LogP contribution is -2.28. The molecule has 0 unspecified atom stereocenters. The summed E-state index contributed by atoms with van der Waals surface area (Å²) in [5.74, 6) is 0.0468. The standard InChI is InChI=1S/C8H17NO4S/c1-2-3-4-6-14(12,13)7-5-9-8(10)11/h9H,2-7H2,1H3,(H,10,11). The van der Waals surface area contributed by atoms with Crippen LogP contribution in [0, 0.1) is 0 Å². The zero-order valence-corrected chi connectivity index (χ0v) is 9.14. The first-order valence-corrected chi connectivity index (χ1v) is 6.47. The number of carbonyl (C=O) groups is 1. The molecule has 0 radical (unpaired) electrons. The zero-order valence-electron chi connectivity index (χ0n) is 8.32. The Balaban J connectivity index is 3.67. The van der Waals surface area contributed by atoms with E-state index >= 15 is 0 Å². The van der Waals surface area contributed by atoms with Gasteiger partial charge < -0.3 is 10.4 Å². The highest BCUT2D eigenvalue weighted by atomic mass is 32.2. The van der Waals surface area contributed by atoms with Gasteiger partial charge in [-0.1, -0.05) is 19.8 Å². The summed E-state index contributed by atoms with van der Waals surface area (Å²) in [5.41, 5.74) is 0. The molecule has 5 nitrogen and oxygen atoms in total. The van der Waals surface area contributed by atoms with E-state index in [-0.39, 0.29) is 18.1 Å². The lowest BCUT2D eigenvalue weighted by atomic mass is 10.3. The van der Waals surface area contributed by atoms with Gasteiger partial charge in [-0.15, -0.1) is 0 Å². The largest absolute Gasteiger partial charge is 0.465 e. The predicted octanol–water partition coefficient (Wildman–Crippen LogP) is 0.859. The van der Waals surface area contributed by atoms with Gasteiger partial charge in [0, 0.05) is 6.54 Å². The monoisotopic (exact) mass is 223 g/mol. The van der Waals surface area contributed by atoms with Gasteiger partial charge in [0.2, 0.25) is 0 Å². The third kappa shape index (κ3) is 7.85. The van der Waals surface area contributed by atoms with Crippen molar-refractivity contribution in [1.29, 1.82) is 0 Å². The first-order valence-electron chi connectivity index (χ1n) is 4.65. The van der Waals surface area contributed by atoms with E-state index in [1.807, 2.05) is 12.2 Å². The molecule has 0 saturated carbocycles. The van der Waals surface area contributed by atoms with Gasteiger partial charge in [0.1, 0.15) is 0 Å². The zero-order chi connectivity index (χ0) is 11.0. The summed E-state index contributed by atoms with van der Waals surface area (Å²) in [6.07, 6.45) is 1.34. The van der Waals surface area contributed by atoms with Gasteiger partial charge in [-0.05, 0) is 6.42 Å². The van der Waals surface area contributed by atoms with Crippen LogP contribution in [0.5, 0.6) is 0 Å². The second kappa shape index (κ2) is 6.64. The number of rotatable bonds is 7. The summed E-state index contributed by atoms with van der Waals surface area (Å²) < 4.78 is 22.5. The van der Waals surface area contributed by atoms with Gasteiger partial charge in [-0.3, -0.25) is 0 Å². The van der Waals surface area contributed by atoms with E-state index in [4.69, 9.17) is 5.11 Å². The van der Waals surface area contributed by atoms with Crippen LogP contribution in [-0.4, -0.2) is 37.7 Å². The first kappa shape index (κ1) is 13.2. The predicted molar refractivity (Wildman–Crippen MR) is 54.2 cm³/mol. The summed E-state index contributed by atoms with van der Waals surface area (Å²) in [7, 11) is -3.08. The molecule has 0 spiro atoms. The second-order valence-corrected chi connectivity index (χ2v) is 5.39. The molecule has 6 heteroatoms. The average molecular weight is 223 g/mol. The molecule has 0 aromatic rings. The molecule has 0 aliphatic rings. The van der Waals surface area contributed by atoms with E-state index in [1.165, 1.54) is 0 Å². The van der Waals surface area contributed by atoms with Crippen molar-refractivity contribution in [1.82, 2.24) is 5.32 Å². The molecule has 0 aromatic heterocycles. The molecule has 0 atom stereocenters. The van der Waals surface area contributed by atoms with Crippen LogP contribution >= 0.6 is 0 Å². The van der Waals surface area contributed by atoms with E-state index in [1.54, 1.807) is 0 Å². The lowest BCUT2D eigenvalue weighted by Gasteiger charge is -2.03. The first-order chi connectivity index (χ1) is 6.48. The van der Waals surface area contributed by atoms with Crippen molar-refractivity contribution in [2.75, 3.05) is 18.1 Å². The number of nitrogens with one attached hydrogen (secondary N) is 1. The van der Waals surface area contributed by atoms with Crippen LogP contribution in [0.1, 0.15) is 26.2 Å². The summed E-state index contributed by atoms with van der Waals surface area (Å²) >= 11 is 0. The number of unbranched alkanes of at least 4 members (excludes halogenated alkanes) is 2. The van der Waals surface area contributed by atoms with Gasteiger partial charge >= 0.3 is 6.09 Å². The van der Waals surface area contributed by atoms with Crippen LogP contribution in [0.4, 0.5) is 4.79 Å². The minimum Gasteiger partial charge on any atom is -0.465 e. The van der Waals surface area contributed by atoms with Gasteiger partial charge in [-0.25, -0.2) is 13.2 Å². The number of sulfone groups is 1. The molecule has 0 aliphatic carbocycles. The molecule has 14 heavy (non-hydrogen) atoms. The van der Waals surface area contributed by atoms with E-state index in [0.29, 0.717) is 6.42 Å². The van der Waals surface area contributed by atoms with Crippen LogP contribution in [0.15, 0.2) is 0 Å². The van der Waals surface area contributed by atoms with E-state index in [0.717, 1.165) is 12.8 Å². The molecule has 84 valence electrons. The van der Waals surface area contributed by atoms with Crippen LogP contribution in [0.25, 0.3) is 0 Å². The Morgan fingerprint density at radius 2 is 1.93 bits per heavy atom. The highest BCUT2D eigenvalue weighted by molar-refractivity contribution is 7.91. The molecule has 2 N–H and O–H groups in total. The Morgan fingerprint density at radius 3 is 2.43 bits per heavy atom. The lowest BCUT2D eigenvalue weighted by molar-refractivity contribution is 0.195. The molecule has 0 saturated heterocycles. The van der Waals surface area contributed by atoms with E-state index in [9.17, 15) is 13.2 Å². The van der Waals surface area contributed by atoms with Crippen molar-refractivity contribution in [3.05, 3.63) is 0 Å². The number of amides is 1. The topological polar surface area (TPSA) is 83.5 Å². The normalized spacial score (nSPS) is 11.2. The smallest absolute Gasteiger partial charge is 0.404 e. The Bertz CT molecular complexity index is 261. The Labute approximate surface area is 84.4 Å². The van der Waals surface area contributed by atoms with Crippen molar-refractivity contribution in [2.45, 2.75) is 26.2 Å². The molecule has 0 aliphatic heterocycles. The Hall–Kier alpha value is -0.780. The van der Waals surface area contributed by atoms with Crippen LogP contribution in [0.3, 0.4) is 0 Å². The Kier molecular flexibility index (Phi) is 6.27. The maximum absolute atomic E-state index is 11.3. The van der Waals surface area contributed by atoms with Crippen molar-refractivity contribution in [2.24, 2.45) is 0 Å². The summed E-state index contributed by atoms with van der Waals surface area (Å²) in [4.78, 5) is 10.0. The van der Waals surface area contributed by atoms with Crippen molar-refractivity contribution < 1.29 is 18.3 Å². The maximum Gasteiger partial charge on any atom is 0.404 e. The summed E-state index contributed by atoms with van der Waals surface area (Å²) in [6.45, 7) is 1.97. The van der Waals surface area contributed by atoms with Gasteiger partial charge in [0.15, 0.2) is 9.84 Å². The minimum absolute atomic E-state index is 0.0240. The molecule has 1 amide bonds. The quantitative estimate of drug-likeness (QED) is 0.627. The molecular weight excluding hydrogens is 206 g/mol. The number of hydrogen-bond acceptors (Lipinski definition) is 3. The molecule has 0 bridgehead atoms. The fraction of sp³-hybridized carbons (Fsp3) is 0.875. The number of hydrogen-bond donors (Lipinski definition) is 2. The van der Waals surface area contributed by atoms with Crippen molar-refractivity contribution in [3.8, 4) is 0 Å². The molecule has 0 fully saturated rings. The van der Waals surface area contributed by atoms with Crippen LogP contribution in [-0.2, 0) is 9.84 Å². The highest BCUT2D eigenvalue weighted by Crippen LogP contribution is 1.99.